The number of hydrogen-bond acceptors (Lipinski definition) is 6. The fraction of sp³-hybridized carbons (Fsp3) is 0.417. The monoisotopic (exact) mass is 297 g/mol. The van der Waals surface area contributed by atoms with Crippen LogP contribution in [0.1, 0.15) is 22.6 Å². The Labute approximate surface area is 117 Å². The lowest BCUT2D eigenvalue weighted by atomic mass is 10.1. The highest BCUT2D eigenvalue weighted by Crippen LogP contribution is 2.09. The molecule has 0 amide bonds. The minimum absolute atomic E-state index is 0.0976. The normalized spacial score (nSPS) is 12.5. The highest BCUT2D eigenvalue weighted by molar-refractivity contribution is 5.73. The summed E-state index contributed by atoms with van der Waals surface area (Å²) < 4.78 is 11.1. The standard InChI is InChI=1S/C12H15N3O6/c1-5-8(10(16)14-20-5)4-15-11(17)7(6(2)21-15)3-9(13)12(18)19/h9H,3-4,13H2,1-2H3,(H,14,16)(H,18,19). The molecule has 4 N–H and O–H groups in total. The molecule has 0 fully saturated rings. The Morgan fingerprint density at radius 1 is 1.33 bits per heavy atom. The second kappa shape index (κ2) is 5.44. The van der Waals surface area contributed by atoms with Crippen LogP contribution in [-0.4, -0.2) is 27.0 Å². The third kappa shape index (κ3) is 2.82. The lowest BCUT2D eigenvalue weighted by molar-refractivity contribution is -0.138. The molecule has 2 rings (SSSR count). The van der Waals surface area contributed by atoms with Gasteiger partial charge in [0, 0.05) is 6.42 Å². The molecule has 0 bridgehead atoms. The second-order valence-corrected chi connectivity index (χ2v) is 4.68. The average molecular weight is 297 g/mol. The van der Waals surface area contributed by atoms with E-state index in [1.165, 1.54) is 6.92 Å². The Morgan fingerprint density at radius 3 is 2.52 bits per heavy atom. The van der Waals surface area contributed by atoms with Crippen LogP contribution in [0.5, 0.6) is 0 Å². The maximum Gasteiger partial charge on any atom is 0.320 e. The third-order valence-electron chi connectivity index (χ3n) is 3.20. The van der Waals surface area contributed by atoms with E-state index in [4.69, 9.17) is 19.9 Å². The van der Waals surface area contributed by atoms with Gasteiger partial charge in [0.15, 0.2) is 0 Å². The van der Waals surface area contributed by atoms with E-state index in [2.05, 4.69) is 5.16 Å². The molecule has 1 unspecified atom stereocenters. The molecule has 0 aliphatic heterocycles. The Kier molecular flexibility index (Phi) is 3.85. The van der Waals surface area contributed by atoms with Crippen LogP contribution in [0.25, 0.3) is 0 Å². The minimum Gasteiger partial charge on any atom is -0.480 e. The predicted molar refractivity (Wildman–Crippen MR) is 70.2 cm³/mol. The Hall–Kier alpha value is -2.55. The number of aromatic nitrogens is 2. The molecule has 0 radical (unpaired) electrons. The van der Waals surface area contributed by atoms with Gasteiger partial charge in [0.1, 0.15) is 17.6 Å². The van der Waals surface area contributed by atoms with Gasteiger partial charge >= 0.3 is 5.97 Å². The zero-order chi connectivity index (χ0) is 15.7. The third-order valence-corrected chi connectivity index (χ3v) is 3.20. The topological polar surface area (TPSA) is 144 Å². The van der Waals surface area contributed by atoms with E-state index in [-0.39, 0.29) is 29.9 Å². The first-order valence-electron chi connectivity index (χ1n) is 6.16. The Morgan fingerprint density at radius 2 is 2.00 bits per heavy atom. The van der Waals surface area contributed by atoms with Gasteiger partial charge in [-0.3, -0.25) is 14.4 Å². The number of H-pyrrole nitrogens is 1. The van der Waals surface area contributed by atoms with Crippen molar-refractivity contribution in [3.05, 3.63) is 43.4 Å². The molecule has 0 aliphatic carbocycles. The van der Waals surface area contributed by atoms with Crippen molar-refractivity contribution in [2.45, 2.75) is 32.9 Å². The Bertz CT molecular complexity index is 778. The van der Waals surface area contributed by atoms with E-state index in [1.807, 2.05) is 0 Å². The van der Waals surface area contributed by atoms with Crippen molar-refractivity contribution in [3.63, 3.8) is 0 Å². The minimum atomic E-state index is -1.20. The molecule has 9 heteroatoms. The summed E-state index contributed by atoms with van der Waals surface area (Å²) in [4.78, 5) is 34.4. The second-order valence-electron chi connectivity index (χ2n) is 4.68. The van der Waals surface area contributed by atoms with Crippen LogP contribution in [0.3, 0.4) is 0 Å². The Balaban J connectivity index is 2.34. The van der Waals surface area contributed by atoms with E-state index >= 15 is 0 Å². The fourth-order valence-electron chi connectivity index (χ4n) is 1.94. The number of hydrogen-bond donors (Lipinski definition) is 3. The molecule has 0 saturated carbocycles. The molecule has 2 aromatic rings. The number of carbonyl (C=O) groups is 1. The van der Waals surface area contributed by atoms with E-state index in [1.54, 1.807) is 6.92 Å². The summed E-state index contributed by atoms with van der Waals surface area (Å²) in [6.07, 6.45) is -0.142. The first-order chi connectivity index (χ1) is 9.81. The van der Waals surface area contributed by atoms with Crippen LogP contribution >= 0.6 is 0 Å². The van der Waals surface area contributed by atoms with Gasteiger partial charge in [-0.2, -0.15) is 9.90 Å². The predicted octanol–water partition coefficient (Wildman–Crippen LogP) is -0.658. The van der Waals surface area contributed by atoms with Crippen molar-refractivity contribution in [2.75, 3.05) is 0 Å². The van der Waals surface area contributed by atoms with Crippen LogP contribution in [0.4, 0.5) is 0 Å². The van der Waals surface area contributed by atoms with Crippen LogP contribution in [-0.2, 0) is 17.8 Å². The largest absolute Gasteiger partial charge is 0.480 e. The lowest BCUT2D eigenvalue weighted by Gasteiger charge is -2.02. The number of carboxylic acids is 1. The van der Waals surface area contributed by atoms with Crippen molar-refractivity contribution >= 4 is 5.97 Å². The SMILES string of the molecule is Cc1o[nH]c(=O)c1Cn1oc(C)c(CC(N)C(=O)O)c1=O. The maximum atomic E-state index is 12.2. The summed E-state index contributed by atoms with van der Waals surface area (Å²) in [6, 6.07) is -1.19. The van der Waals surface area contributed by atoms with Gasteiger partial charge in [0.05, 0.1) is 17.7 Å². The summed E-state index contributed by atoms with van der Waals surface area (Å²) in [5, 5.41) is 10.9. The van der Waals surface area contributed by atoms with Gasteiger partial charge in [-0.05, 0) is 13.8 Å². The molecular weight excluding hydrogens is 282 g/mol. The highest BCUT2D eigenvalue weighted by atomic mass is 16.5. The first kappa shape index (κ1) is 14.9. The molecule has 2 aromatic heterocycles. The molecule has 0 aliphatic rings. The van der Waals surface area contributed by atoms with E-state index < -0.39 is 23.1 Å². The van der Waals surface area contributed by atoms with E-state index in [0.29, 0.717) is 5.76 Å². The van der Waals surface area contributed by atoms with Gasteiger partial charge in [-0.25, -0.2) is 0 Å². The smallest absolute Gasteiger partial charge is 0.320 e. The molecule has 21 heavy (non-hydrogen) atoms. The van der Waals surface area contributed by atoms with E-state index in [9.17, 15) is 14.4 Å². The highest BCUT2D eigenvalue weighted by Gasteiger charge is 2.21. The van der Waals surface area contributed by atoms with Crippen molar-refractivity contribution in [3.8, 4) is 0 Å². The molecule has 0 aromatic carbocycles. The molecule has 114 valence electrons. The molecular formula is C12H15N3O6. The average Bonchev–Trinajstić information content (AvgIpc) is 2.86. The van der Waals surface area contributed by atoms with E-state index in [0.717, 1.165) is 4.74 Å². The fourth-order valence-corrected chi connectivity index (χ4v) is 1.94. The van der Waals surface area contributed by atoms with Crippen LogP contribution in [0, 0.1) is 13.8 Å². The van der Waals surface area contributed by atoms with Gasteiger partial charge < -0.3 is 19.9 Å². The lowest BCUT2D eigenvalue weighted by Crippen LogP contribution is -2.34. The summed E-state index contributed by atoms with van der Waals surface area (Å²) >= 11 is 0. The summed E-state index contributed by atoms with van der Waals surface area (Å²) in [5.41, 5.74) is 4.91. The zero-order valence-electron chi connectivity index (χ0n) is 11.5. The number of nitrogens with one attached hydrogen (secondary N) is 1. The number of carboxylic acid groups (broad SMARTS) is 1. The van der Waals surface area contributed by atoms with Crippen molar-refractivity contribution in [2.24, 2.45) is 5.73 Å². The first-order valence-corrected chi connectivity index (χ1v) is 6.16. The van der Waals surface area contributed by atoms with Gasteiger partial charge in [0.25, 0.3) is 11.1 Å². The number of aliphatic carboxylic acids is 1. The zero-order valence-corrected chi connectivity index (χ0v) is 11.5. The molecule has 2 heterocycles. The van der Waals surface area contributed by atoms with Crippen molar-refractivity contribution in [1.82, 2.24) is 9.90 Å². The van der Waals surface area contributed by atoms with Gasteiger partial charge in [0.2, 0.25) is 0 Å². The van der Waals surface area contributed by atoms with Crippen molar-refractivity contribution < 1.29 is 18.9 Å². The molecule has 1 atom stereocenters. The summed E-state index contributed by atoms with van der Waals surface area (Å²) in [7, 11) is 0. The number of aryl methyl sites for hydroxylation is 2. The number of nitrogens with zero attached hydrogens (tertiary/aromatic N) is 1. The van der Waals surface area contributed by atoms with Crippen molar-refractivity contribution in [1.29, 1.82) is 0 Å². The van der Waals surface area contributed by atoms with Gasteiger partial charge in [-0.15, -0.1) is 0 Å². The maximum absolute atomic E-state index is 12.2. The van der Waals surface area contributed by atoms with Crippen LogP contribution < -0.4 is 16.9 Å². The molecule has 9 nitrogen and oxygen atoms in total. The van der Waals surface area contributed by atoms with Gasteiger partial charge in [-0.1, -0.05) is 0 Å². The van der Waals surface area contributed by atoms with Crippen LogP contribution in [0.2, 0.25) is 0 Å². The summed E-state index contributed by atoms with van der Waals surface area (Å²) in [6.45, 7) is 3.02. The quantitative estimate of drug-likeness (QED) is 0.664. The summed E-state index contributed by atoms with van der Waals surface area (Å²) in [5.74, 6) is -0.581. The number of rotatable bonds is 5. The number of nitrogens with two attached hydrogens (primary N) is 1. The van der Waals surface area contributed by atoms with Crippen LogP contribution in [0.15, 0.2) is 18.6 Å². The molecule has 0 saturated heterocycles. The number of aromatic amines is 1. The molecule has 0 spiro atoms.